The minimum atomic E-state index is 0.216. The predicted molar refractivity (Wildman–Crippen MR) is 74.2 cm³/mol. The second-order valence-electron chi connectivity index (χ2n) is 5.02. The van der Waals surface area contributed by atoms with Crippen LogP contribution in [-0.4, -0.2) is 17.4 Å². The molecular weight excluding hydrogens is 238 g/mol. The van der Waals surface area contributed by atoms with E-state index in [1.807, 2.05) is 30.3 Å². The van der Waals surface area contributed by atoms with E-state index in [9.17, 15) is 4.79 Å². The van der Waals surface area contributed by atoms with Crippen molar-refractivity contribution in [1.29, 1.82) is 0 Å². The van der Waals surface area contributed by atoms with Gasteiger partial charge in [0.25, 0.3) is 0 Å². The summed E-state index contributed by atoms with van der Waals surface area (Å²) < 4.78 is 5.84. The summed E-state index contributed by atoms with van der Waals surface area (Å²) in [5.74, 6) is 1.48. The lowest BCUT2D eigenvalue weighted by atomic mass is 10.0. The molecule has 0 N–H and O–H groups in total. The fourth-order valence-corrected chi connectivity index (χ4v) is 2.71. The molecule has 98 valence electrons. The first-order chi connectivity index (χ1) is 9.34. The highest BCUT2D eigenvalue weighted by Crippen LogP contribution is 2.26. The zero-order valence-electron chi connectivity index (χ0n) is 10.8. The molecule has 0 saturated heterocycles. The van der Waals surface area contributed by atoms with Crippen molar-refractivity contribution in [1.82, 2.24) is 4.98 Å². The van der Waals surface area contributed by atoms with Gasteiger partial charge < -0.3 is 4.74 Å². The van der Waals surface area contributed by atoms with Crippen LogP contribution in [0.3, 0.4) is 0 Å². The number of aromatic nitrogens is 1. The van der Waals surface area contributed by atoms with E-state index in [0.29, 0.717) is 12.4 Å². The van der Waals surface area contributed by atoms with Gasteiger partial charge in [-0.3, -0.25) is 9.78 Å². The highest BCUT2D eigenvalue weighted by molar-refractivity contribution is 5.85. The molecule has 3 rings (SSSR count). The van der Waals surface area contributed by atoms with Crippen molar-refractivity contribution in [3.8, 4) is 5.75 Å². The third kappa shape index (κ3) is 2.60. The van der Waals surface area contributed by atoms with E-state index in [1.165, 1.54) is 0 Å². The molecule has 0 aliphatic heterocycles. The van der Waals surface area contributed by atoms with Gasteiger partial charge in [-0.15, -0.1) is 0 Å². The lowest BCUT2D eigenvalue weighted by Gasteiger charge is -2.11. The molecule has 0 bridgehead atoms. The van der Waals surface area contributed by atoms with Crippen LogP contribution in [0.2, 0.25) is 0 Å². The van der Waals surface area contributed by atoms with Crippen molar-refractivity contribution in [3.05, 3.63) is 36.5 Å². The molecule has 1 heterocycles. The van der Waals surface area contributed by atoms with E-state index < -0.39 is 0 Å². The molecule has 19 heavy (non-hydrogen) atoms. The minimum absolute atomic E-state index is 0.216. The van der Waals surface area contributed by atoms with Crippen LogP contribution in [0.5, 0.6) is 5.75 Å². The van der Waals surface area contributed by atoms with Crippen LogP contribution in [0.1, 0.15) is 25.7 Å². The molecule has 1 saturated carbocycles. The average molecular weight is 255 g/mol. The van der Waals surface area contributed by atoms with Crippen molar-refractivity contribution < 1.29 is 9.53 Å². The number of ketones is 1. The SMILES string of the molecule is O=C1CCCC1CCOc1cccc2ncccc12. The lowest BCUT2D eigenvalue weighted by molar-refractivity contribution is -0.120. The van der Waals surface area contributed by atoms with Crippen molar-refractivity contribution >= 4 is 16.7 Å². The number of pyridine rings is 1. The standard InChI is InChI=1S/C16H17NO2/c18-15-7-1-4-12(15)9-11-19-16-8-2-6-14-13(16)5-3-10-17-14/h2-3,5-6,8,10,12H,1,4,7,9,11H2. The maximum Gasteiger partial charge on any atom is 0.136 e. The van der Waals surface area contributed by atoms with Crippen molar-refractivity contribution in [2.24, 2.45) is 5.92 Å². The first-order valence-corrected chi connectivity index (χ1v) is 6.84. The van der Waals surface area contributed by atoms with E-state index in [-0.39, 0.29) is 5.92 Å². The molecule has 3 heteroatoms. The third-order valence-electron chi connectivity index (χ3n) is 3.76. The normalized spacial score (nSPS) is 18.9. The molecule has 0 amide bonds. The van der Waals surface area contributed by atoms with Crippen LogP contribution in [0.25, 0.3) is 10.9 Å². The Bertz CT molecular complexity index is 589. The molecule has 3 nitrogen and oxygen atoms in total. The summed E-state index contributed by atoms with van der Waals surface area (Å²) in [5.41, 5.74) is 0.942. The van der Waals surface area contributed by atoms with E-state index >= 15 is 0 Å². The van der Waals surface area contributed by atoms with Crippen molar-refractivity contribution in [3.63, 3.8) is 0 Å². The summed E-state index contributed by atoms with van der Waals surface area (Å²) in [6, 6.07) is 9.81. The van der Waals surface area contributed by atoms with Gasteiger partial charge in [-0.25, -0.2) is 0 Å². The maximum absolute atomic E-state index is 11.6. The number of hydrogen-bond acceptors (Lipinski definition) is 3. The topological polar surface area (TPSA) is 39.2 Å². The van der Waals surface area contributed by atoms with E-state index in [0.717, 1.165) is 42.3 Å². The molecule has 1 aliphatic carbocycles. The van der Waals surface area contributed by atoms with Crippen LogP contribution in [0.15, 0.2) is 36.5 Å². The Morgan fingerprint density at radius 3 is 3.05 bits per heavy atom. The molecule has 1 fully saturated rings. The summed E-state index contributed by atoms with van der Waals surface area (Å²) in [6.07, 6.45) is 5.43. The van der Waals surface area contributed by atoms with Crippen LogP contribution in [0, 0.1) is 5.92 Å². The van der Waals surface area contributed by atoms with Crippen LogP contribution < -0.4 is 4.74 Å². The van der Waals surface area contributed by atoms with Crippen LogP contribution >= 0.6 is 0 Å². The van der Waals surface area contributed by atoms with Crippen LogP contribution in [0.4, 0.5) is 0 Å². The second kappa shape index (κ2) is 5.39. The number of fused-ring (bicyclic) bond motifs is 1. The molecule has 0 spiro atoms. The summed E-state index contributed by atoms with van der Waals surface area (Å²) in [4.78, 5) is 15.9. The average Bonchev–Trinajstić information content (AvgIpc) is 2.85. The number of carbonyl (C=O) groups excluding carboxylic acids is 1. The number of nitrogens with zero attached hydrogens (tertiary/aromatic N) is 1. The number of ether oxygens (including phenoxy) is 1. The fraction of sp³-hybridized carbons (Fsp3) is 0.375. The zero-order chi connectivity index (χ0) is 13.1. The summed E-state index contributed by atoms with van der Waals surface area (Å²) in [6.45, 7) is 0.602. The summed E-state index contributed by atoms with van der Waals surface area (Å²) in [7, 11) is 0. The Hall–Kier alpha value is -1.90. The number of benzene rings is 1. The zero-order valence-corrected chi connectivity index (χ0v) is 10.8. The van der Waals surface area contributed by atoms with Crippen LogP contribution in [-0.2, 0) is 4.79 Å². The Balaban J connectivity index is 1.67. The Morgan fingerprint density at radius 1 is 1.26 bits per heavy atom. The first-order valence-electron chi connectivity index (χ1n) is 6.84. The van der Waals surface area contributed by atoms with Gasteiger partial charge >= 0.3 is 0 Å². The van der Waals surface area contributed by atoms with Gasteiger partial charge in [-0.1, -0.05) is 6.07 Å². The lowest BCUT2D eigenvalue weighted by Crippen LogP contribution is -2.11. The monoisotopic (exact) mass is 255 g/mol. The molecule has 1 aromatic heterocycles. The maximum atomic E-state index is 11.6. The van der Waals surface area contributed by atoms with Gasteiger partial charge in [0.05, 0.1) is 12.1 Å². The first kappa shape index (κ1) is 12.2. The highest BCUT2D eigenvalue weighted by atomic mass is 16.5. The number of hydrogen-bond donors (Lipinski definition) is 0. The fourth-order valence-electron chi connectivity index (χ4n) is 2.71. The smallest absolute Gasteiger partial charge is 0.136 e. The van der Waals surface area contributed by atoms with Gasteiger partial charge in [0.1, 0.15) is 11.5 Å². The molecule has 1 aliphatic rings. The molecular formula is C16H17NO2. The number of rotatable bonds is 4. The van der Waals surface area contributed by atoms with E-state index in [1.54, 1.807) is 6.20 Å². The van der Waals surface area contributed by atoms with Gasteiger partial charge in [0.15, 0.2) is 0 Å². The third-order valence-corrected chi connectivity index (χ3v) is 3.76. The van der Waals surface area contributed by atoms with E-state index in [4.69, 9.17) is 4.74 Å². The highest BCUT2D eigenvalue weighted by Gasteiger charge is 2.23. The van der Waals surface area contributed by atoms with Crippen molar-refractivity contribution in [2.75, 3.05) is 6.61 Å². The number of carbonyl (C=O) groups is 1. The van der Waals surface area contributed by atoms with Gasteiger partial charge in [0.2, 0.25) is 0 Å². The molecule has 1 atom stereocenters. The largest absolute Gasteiger partial charge is 0.493 e. The predicted octanol–water partition coefficient (Wildman–Crippen LogP) is 3.37. The Labute approximate surface area is 112 Å². The molecule has 1 unspecified atom stereocenters. The number of Topliss-reactive ketones (excluding diaryl/α,β-unsaturated/α-hetero) is 1. The van der Waals surface area contributed by atoms with Gasteiger partial charge in [-0.05, 0) is 43.5 Å². The molecule has 0 radical (unpaired) electrons. The van der Waals surface area contributed by atoms with Gasteiger partial charge in [0, 0.05) is 23.9 Å². The van der Waals surface area contributed by atoms with Gasteiger partial charge in [-0.2, -0.15) is 0 Å². The summed E-state index contributed by atoms with van der Waals surface area (Å²) in [5, 5.41) is 1.03. The molecule has 2 aromatic rings. The Kier molecular flexibility index (Phi) is 3.45. The second-order valence-corrected chi connectivity index (χ2v) is 5.02. The molecule has 1 aromatic carbocycles. The minimum Gasteiger partial charge on any atom is -0.493 e. The summed E-state index contributed by atoms with van der Waals surface area (Å²) >= 11 is 0. The quantitative estimate of drug-likeness (QED) is 0.840. The van der Waals surface area contributed by atoms with Crippen molar-refractivity contribution in [2.45, 2.75) is 25.7 Å². The van der Waals surface area contributed by atoms with E-state index in [2.05, 4.69) is 4.98 Å². The Morgan fingerprint density at radius 2 is 2.21 bits per heavy atom.